The van der Waals surface area contributed by atoms with Crippen molar-refractivity contribution in [3.8, 4) is 17.2 Å². The number of ether oxygens (including phenoxy) is 3. The number of ketones is 1. The van der Waals surface area contributed by atoms with Crippen molar-refractivity contribution in [1.82, 2.24) is 0 Å². The zero-order valence-electron chi connectivity index (χ0n) is 18.3. The molecule has 0 bridgehead atoms. The van der Waals surface area contributed by atoms with Crippen LogP contribution in [0.3, 0.4) is 0 Å². The van der Waals surface area contributed by atoms with Crippen LogP contribution >= 0.6 is 0 Å². The van der Waals surface area contributed by atoms with Gasteiger partial charge in [-0.3, -0.25) is 4.79 Å². The Hall–Kier alpha value is -3.86. The molecule has 0 spiro atoms. The van der Waals surface area contributed by atoms with Gasteiger partial charge in [0, 0.05) is 5.56 Å². The molecule has 0 saturated heterocycles. The molecule has 0 fully saturated rings. The first-order valence-corrected chi connectivity index (χ1v) is 10.1. The third-order valence-electron chi connectivity index (χ3n) is 4.91. The number of carbonyl (C=O) groups excluding carboxylic acids is 1. The van der Waals surface area contributed by atoms with Gasteiger partial charge in [0.1, 0.15) is 5.82 Å². The van der Waals surface area contributed by atoms with E-state index in [1.165, 1.54) is 24.3 Å². The lowest BCUT2D eigenvalue weighted by molar-refractivity contribution is 0.104. The molecule has 3 rings (SSSR count). The largest absolute Gasteiger partial charge is 0.493 e. The highest BCUT2D eigenvalue weighted by Gasteiger charge is 2.12. The zero-order chi connectivity index (χ0) is 22.9. The molecule has 0 aliphatic heterocycles. The van der Waals surface area contributed by atoms with Crippen LogP contribution in [0.1, 0.15) is 27.0 Å². The number of benzene rings is 3. The topological polar surface area (TPSA) is 44.8 Å². The summed E-state index contributed by atoms with van der Waals surface area (Å²) >= 11 is 0. The Morgan fingerprint density at radius 2 is 1.59 bits per heavy atom. The molecule has 0 saturated carbocycles. The Labute approximate surface area is 187 Å². The first kappa shape index (κ1) is 22.8. The smallest absolute Gasteiger partial charge is 0.203 e. The van der Waals surface area contributed by atoms with E-state index in [0.717, 1.165) is 16.7 Å². The van der Waals surface area contributed by atoms with Crippen molar-refractivity contribution >= 4 is 17.9 Å². The van der Waals surface area contributed by atoms with Crippen LogP contribution in [0.2, 0.25) is 0 Å². The molecule has 0 radical (unpaired) electrons. The van der Waals surface area contributed by atoms with Crippen LogP contribution in [-0.2, 0) is 6.42 Å². The zero-order valence-corrected chi connectivity index (χ0v) is 18.3. The van der Waals surface area contributed by atoms with Crippen LogP contribution in [0.15, 0.2) is 72.8 Å². The van der Waals surface area contributed by atoms with Crippen LogP contribution < -0.4 is 14.2 Å². The van der Waals surface area contributed by atoms with Crippen molar-refractivity contribution in [1.29, 1.82) is 0 Å². The summed E-state index contributed by atoms with van der Waals surface area (Å²) < 4.78 is 29.5. The standard InChI is InChI=1S/C27H25FO4/c1-30-25-16-19(17-26(31-2)27(25)32-3)14-15-21-9-5-4-8-20(21)10-7-13-24(29)22-11-6-12-23(28)18-22/h4-9,11-18H,10H2,1-3H3/b13-7-,15-14-. The van der Waals surface area contributed by atoms with Gasteiger partial charge in [0.05, 0.1) is 21.3 Å². The van der Waals surface area contributed by atoms with Crippen LogP contribution in [0.5, 0.6) is 17.2 Å². The fraction of sp³-hybridized carbons (Fsp3) is 0.148. The van der Waals surface area contributed by atoms with E-state index >= 15 is 0 Å². The third kappa shape index (κ3) is 5.64. The van der Waals surface area contributed by atoms with E-state index in [2.05, 4.69) is 0 Å². The van der Waals surface area contributed by atoms with Crippen molar-refractivity contribution in [3.63, 3.8) is 0 Å². The van der Waals surface area contributed by atoms with Gasteiger partial charge in [0.25, 0.3) is 0 Å². The van der Waals surface area contributed by atoms with Crippen molar-refractivity contribution in [2.45, 2.75) is 6.42 Å². The summed E-state index contributed by atoms with van der Waals surface area (Å²) in [6.45, 7) is 0. The molecule has 32 heavy (non-hydrogen) atoms. The monoisotopic (exact) mass is 432 g/mol. The maximum Gasteiger partial charge on any atom is 0.203 e. The summed E-state index contributed by atoms with van der Waals surface area (Å²) in [5, 5.41) is 0. The Balaban J connectivity index is 1.78. The lowest BCUT2D eigenvalue weighted by atomic mass is 10.0. The second-order valence-corrected chi connectivity index (χ2v) is 6.97. The lowest BCUT2D eigenvalue weighted by Gasteiger charge is -2.13. The van der Waals surface area contributed by atoms with E-state index in [4.69, 9.17) is 14.2 Å². The molecular weight excluding hydrogens is 407 g/mol. The molecule has 0 heterocycles. The average molecular weight is 432 g/mol. The van der Waals surface area contributed by atoms with Crippen LogP contribution in [0, 0.1) is 5.82 Å². The van der Waals surface area contributed by atoms with E-state index in [9.17, 15) is 9.18 Å². The average Bonchev–Trinajstić information content (AvgIpc) is 2.82. The van der Waals surface area contributed by atoms with Gasteiger partial charge in [-0.15, -0.1) is 0 Å². The molecule has 0 aromatic heterocycles. The molecule has 4 nitrogen and oxygen atoms in total. The Kier molecular flexibility index (Phi) is 7.81. The second-order valence-electron chi connectivity index (χ2n) is 6.97. The van der Waals surface area contributed by atoms with Gasteiger partial charge in [-0.2, -0.15) is 0 Å². The normalized spacial score (nSPS) is 11.1. The highest BCUT2D eigenvalue weighted by atomic mass is 19.1. The van der Waals surface area contributed by atoms with Gasteiger partial charge < -0.3 is 14.2 Å². The predicted octanol–water partition coefficient (Wildman–Crippen LogP) is 6.00. The van der Waals surface area contributed by atoms with Gasteiger partial charge in [-0.05, 0) is 53.5 Å². The Morgan fingerprint density at radius 3 is 2.25 bits per heavy atom. The summed E-state index contributed by atoms with van der Waals surface area (Å²) in [5.74, 6) is 1.05. The van der Waals surface area contributed by atoms with E-state index in [-0.39, 0.29) is 5.78 Å². The van der Waals surface area contributed by atoms with Crippen molar-refractivity contribution < 1.29 is 23.4 Å². The number of allylic oxidation sites excluding steroid dienone is 2. The van der Waals surface area contributed by atoms with Crippen molar-refractivity contribution in [2.75, 3.05) is 21.3 Å². The molecule has 0 aliphatic rings. The van der Waals surface area contributed by atoms with Gasteiger partial charge in [-0.1, -0.05) is 54.6 Å². The Bertz CT molecular complexity index is 1120. The highest BCUT2D eigenvalue weighted by Crippen LogP contribution is 2.38. The number of halogens is 1. The summed E-state index contributed by atoms with van der Waals surface area (Å²) in [7, 11) is 4.73. The quantitative estimate of drug-likeness (QED) is 0.236. The fourth-order valence-corrected chi connectivity index (χ4v) is 3.30. The van der Waals surface area contributed by atoms with Crippen LogP contribution in [0.25, 0.3) is 12.2 Å². The lowest BCUT2D eigenvalue weighted by Crippen LogP contribution is -1.96. The van der Waals surface area contributed by atoms with Gasteiger partial charge in [0.2, 0.25) is 5.75 Å². The molecule has 0 amide bonds. The number of rotatable bonds is 9. The molecule has 0 unspecified atom stereocenters. The molecular formula is C27H25FO4. The summed E-state index contributed by atoms with van der Waals surface area (Å²) in [6.07, 6.45) is 7.80. The fourth-order valence-electron chi connectivity index (χ4n) is 3.30. The minimum atomic E-state index is -0.425. The minimum Gasteiger partial charge on any atom is -0.493 e. The number of methoxy groups -OCH3 is 3. The number of hydrogen-bond acceptors (Lipinski definition) is 4. The summed E-state index contributed by atoms with van der Waals surface area (Å²) in [4.78, 5) is 12.3. The minimum absolute atomic E-state index is 0.227. The molecule has 3 aromatic carbocycles. The first-order chi connectivity index (χ1) is 15.5. The van der Waals surface area contributed by atoms with Crippen LogP contribution in [0.4, 0.5) is 4.39 Å². The van der Waals surface area contributed by atoms with E-state index in [0.29, 0.717) is 29.2 Å². The van der Waals surface area contributed by atoms with Crippen molar-refractivity contribution in [3.05, 3.63) is 101 Å². The van der Waals surface area contributed by atoms with E-state index in [1.54, 1.807) is 33.5 Å². The first-order valence-electron chi connectivity index (χ1n) is 10.1. The maximum absolute atomic E-state index is 13.3. The van der Waals surface area contributed by atoms with Crippen molar-refractivity contribution in [2.24, 2.45) is 0 Å². The van der Waals surface area contributed by atoms with Gasteiger partial charge in [-0.25, -0.2) is 4.39 Å². The highest BCUT2D eigenvalue weighted by molar-refractivity contribution is 6.04. The molecule has 164 valence electrons. The van der Waals surface area contributed by atoms with E-state index in [1.807, 2.05) is 48.6 Å². The van der Waals surface area contributed by atoms with E-state index < -0.39 is 5.82 Å². The van der Waals surface area contributed by atoms with Crippen LogP contribution in [-0.4, -0.2) is 27.1 Å². The molecule has 3 aromatic rings. The number of carbonyl (C=O) groups is 1. The molecule has 0 N–H and O–H groups in total. The van der Waals surface area contributed by atoms with Gasteiger partial charge in [0.15, 0.2) is 17.3 Å². The molecule has 0 atom stereocenters. The predicted molar refractivity (Wildman–Crippen MR) is 125 cm³/mol. The molecule has 5 heteroatoms. The van der Waals surface area contributed by atoms with Gasteiger partial charge >= 0.3 is 0 Å². The maximum atomic E-state index is 13.3. The Morgan fingerprint density at radius 1 is 0.875 bits per heavy atom. The summed E-state index contributed by atoms with van der Waals surface area (Å²) in [6, 6.07) is 17.4. The third-order valence-corrected chi connectivity index (χ3v) is 4.91. The molecule has 0 aliphatic carbocycles. The SMILES string of the molecule is COc1cc(/C=C\c2ccccc2C/C=C\C(=O)c2cccc(F)c2)cc(OC)c1OC. The second kappa shape index (κ2) is 11.0. The number of hydrogen-bond donors (Lipinski definition) is 0. The summed E-state index contributed by atoms with van der Waals surface area (Å²) in [5.41, 5.74) is 3.30.